The molecule has 35 heavy (non-hydrogen) atoms. The number of amides is 1. The van der Waals surface area contributed by atoms with E-state index < -0.39 is 17.7 Å². The summed E-state index contributed by atoms with van der Waals surface area (Å²) in [7, 11) is 3.49. The maximum absolute atomic E-state index is 13.4. The highest BCUT2D eigenvalue weighted by atomic mass is 16.5. The van der Waals surface area contributed by atoms with Crippen LogP contribution in [0.2, 0.25) is 0 Å². The molecule has 2 aliphatic rings. The predicted octanol–water partition coefficient (Wildman–Crippen LogP) is 4.46. The number of rotatable bonds is 4. The molecule has 0 aromatic heterocycles. The number of aryl methyl sites for hydroxylation is 1. The molecule has 1 fully saturated rings. The maximum Gasteiger partial charge on any atom is 0.300 e. The van der Waals surface area contributed by atoms with E-state index in [0.29, 0.717) is 35.9 Å². The average Bonchev–Trinajstić information content (AvgIpc) is 3.14. The highest BCUT2D eigenvalue weighted by Gasteiger charge is 2.47. The first-order chi connectivity index (χ1) is 16.9. The van der Waals surface area contributed by atoms with Gasteiger partial charge in [0.25, 0.3) is 11.7 Å². The average molecular weight is 471 g/mol. The Bertz CT molecular complexity index is 1360. The second kappa shape index (κ2) is 8.83. The van der Waals surface area contributed by atoms with Crippen molar-refractivity contribution in [2.45, 2.75) is 13.0 Å². The van der Waals surface area contributed by atoms with Crippen LogP contribution in [0.4, 0.5) is 11.4 Å². The molecule has 1 atom stereocenters. The number of fused-ring (bicyclic) bond motifs is 1. The maximum atomic E-state index is 13.4. The number of ketones is 1. The third-order valence-electron chi connectivity index (χ3n) is 6.59. The lowest BCUT2D eigenvalue weighted by atomic mass is 9.92. The lowest BCUT2D eigenvalue weighted by Crippen LogP contribution is -2.29. The summed E-state index contributed by atoms with van der Waals surface area (Å²) in [6, 6.07) is 19.0. The van der Waals surface area contributed by atoms with E-state index in [0.717, 1.165) is 16.8 Å². The molecular weight excluding hydrogens is 444 g/mol. The molecule has 0 radical (unpaired) electrons. The molecule has 0 saturated carbocycles. The second-order valence-electron chi connectivity index (χ2n) is 8.68. The molecule has 3 aromatic carbocycles. The van der Waals surface area contributed by atoms with Gasteiger partial charge in [0.1, 0.15) is 23.9 Å². The minimum absolute atomic E-state index is 0.0476. The fourth-order valence-corrected chi connectivity index (χ4v) is 4.70. The zero-order chi connectivity index (χ0) is 24.7. The van der Waals surface area contributed by atoms with Crippen molar-refractivity contribution in [3.63, 3.8) is 0 Å². The van der Waals surface area contributed by atoms with Gasteiger partial charge in [0.15, 0.2) is 0 Å². The summed E-state index contributed by atoms with van der Waals surface area (Å²) < 4.78 is 11.1. The molecule has 5 rings (SSSR count). The Kier molecular flexibility index (Phi) is 5.68. The summed E-state index contributed by atoms with van der Waals surface area (Å²) in [6.45, 7) is 3.21. The Hall–Kier alpha value is -4.26. The van der Waals surface area contributed by atoms with Crippen molar-refractivity contribution in [1.82, 2.24) is 0 Å². The monoisotopic (exact) mass is 470 g/mol. The van der Waals surface area contributed by atoms with Crippen molar-refractivity contribution in [3.8, 4) is 11.5 Å². The highest BCUT2D eigenvalue weighted by Crippen LogP contribution is 2.44. The quantitative estimate of drug-likeness (QED) is 0.345. The largest absolute Gasteiger partial charge is 0.507 e. The zero-order valence-corrected chi connectivity index (χ0v) is 19.8. The fourth-order valence-electron chi connectivity index (χ4n) is 4.70. The number of Topliss-reactive ketones (excluding diaryl/α,β-unsaturated/α-hetero) is 1. The van der Waals surface area contributed by atoms with Crippen LogP contribution >= 0.6 is 0 Å². The van der Waals surface area contributed by atoms with Crippen LogP contribution in [0, 0.1) is 6.92 Å². The van der Waals surface area contributed by atoms with Gasteiger partial charge >= 0.3 is 0 Å². The first-order valence-electron chi connectivity index (χ1n) is 11.4. The zero-order valence-electron chi connectivity index (χ0n) is 19.8. The van der Waals surface area contributed by atoms with E-state index in [9.17, 15) is 14.7 Å². The number of ether oxygens (including phenoxy) is 2. The molecule has 3 aromatic rings. The molecule has 1 N–H and O–H groups in total. The number of anilines is 2. The standard InChI is InChI=1S/C28H26N2O5/c1-17-7-4-5-10-21(17)25-24(26(31)18-11-12-23-22(15-18)29(2)13-14-35-23)27(32)28(33)30(25)19-8-6-9-20(16-19)34-3/h4-12,15-16,25,31H,13-14H2,1-3H3/b26-24+. The van der Waals surface area contributed by atoms with Crippen molar-refractivity contribution < 1.29 is 24.2 Å². The van der Waals surface area contributed by atoms with Gasteiger partial charge in [0, 0.05) is 24.4 Å². The van der Waals surface area contributed by atoms with Crippen LogP contribution in [-0.4, -0.2) is 44.1 Å². The molecule has 2 aliphatic heterocycles. The van der Waals surface area contributed by atoms with Crippen LogP contribution in [0.1, 0.15) is 22.7 Å². The third-order valence-corrected chi connectivity index (χ3v) is 6.59. The van der Waals surface area contributed by atoms with E-state index in [4.69, 9.17) is 9.47 Å². The normalized spacial score (nSPS) is 18.9. The summed E-state index contributed by atoms with van der Waals surface area (Å²) in [6.07, 6.45) is 0. The number of hydrogen-bond acceptors (Lipinski definition) is 6. The number of carbonyl (C=O) groups excluding carboxylic acids is 2. The molecule has 7 heteroatoms. The first kappa shape index (κ1) is 22.5. The number of hydrogen-bond donors (Lipinski definition) is 1. The van der Waals surface area contributed by atoms with Crippen molar-refractivity contribution >= 4 is 28.8 Å². The molecule has 1 amide bonds. The lowest BCUT2D eigenvalue weighted by Gasteiger charge is -2.28. The summed E-state index contributed by atoms with van der Waals surface area (Å²) in [5.74, 6) is -0.385. The van der Waals surface area contributed by atoms with Crippen LogP contribution < -0.4 is 19.3 Å². The van der Waals surface area contributed by atoms with E-state index in [-0.39, 0.29) is 11.3 Å². The SMILES string of the molecule is COc1cccc(N2C(=O)C(=O)/C(=C(/O)c3ccc4c(c3)N(C)CCO4)C2c2ccccc2C)c1. The van der Waals surface area contributed by atoms with Gasteiger partial charge in [-0.3, -0.25) is 14.5 Å². The van der Waals surface area contributed by atoms with Gasteiger partial charge in [0.2, 0.25) is 0 Å². The number of likely N-dealkylation sites (N-methyl/N-ethyl adjacent to an activating group) is 1. The van der Waals surface area contributed by atoms with E-state index >= 15 is 0 Å². The highest BCUT2D eigenvalue weighted by molar-refractivity contribution is 6.51. The van der Waals surface area contributed by atoms with Gasteiger partial charge in [0.05, 0.1) is 31.0 Å². The minimum Gasteiger partial charge on any atom is -0.507 e. The van der Waals surface area contributed by atoms with Gasteiger partial charge < -0.3 is 19.5 Å². The van der Waals surface area contributed by atoms with Crippen LogP contribution in [0.5, 0.6) is 11.5 Å². The minimum atomic E-state index is -0.798. The lowest BCUT2D eigenvalue weighted by molar-refractivity contribution is -0.132. The summed E-state index contributed by atoms with van der Waals surface area (Å²) in [4.78, 5) is 30.3. The Morgan fingerprint density at radius 3 is 2.63 bits per heavy atom. The second-order valence-corrected chi connectivity index (χ2v) is 8.68. The van der Waals surface area contributed by atoms with Gasteiger partial charge in [-0.05, 0) is 48.4 Å². The van der Waals surface area contributed by atoms with E-state index in [2.05, 4.69) is 0 Å². The third kappa shape index (κ3) is 3.79. The van der Waals surface area contributed by atoms with Crippen molar-refractivity contribution in [2.24, 2.45) is 0 Å². The molecule has 0 spiro atoms. The molecule has 1 saturated heterocycles. The van der Waals surface area contributed by atoms with Crippen LogP contribution in [0.3, 0.4) is 0 Å². The van der Waals surface area contributed by atoms with Crippen LogP contribution in [-0.2, 0) is 9.59 Å². The van der Waals surface area contributed by atoms with Gasteiger partial charge in [-0.25, -0.2) is 0 Å². The van der Waals surface area contributed by atoms with Crippen molar-refractivity contribution in [3.05, 3.63) is 89.0 Å². The molecule has 7 nitrogen and oxygen atoms in total. The molecule has 0 aliphatic carbocycles. The van der Waals surface area contributed by atoms with E-state index in [1.54, 1.807) is 49.6 Å². The Morgan fingerprint density at radius 2 is 1.86 bits per heavy atom. The van der Waals surface area contributed by atoms with Crippen molar-refractivity contribution in [2.75, 3.05) is 37.1 Å². The van der Waals surface area contributed by atoms with Crippen LogP contribution in [0.25, 0.3) is 5.76 Å². The van der Waals surface area contributed by atoms with Gasteiger partial charge in [-0.1, -0.05) is 30.3 Å². The molecule has 2 heterocycles. The number of benzene rings is 3. The molecule has 1 unspecified atom stereocenters. The van der Waals surface area contributed by atoms with Crippen molar-refractivity contribution in [1.29, 1.82) is 0 Å². The number of carbonyl (C=O) groups is 2. The summed E-state index contributed by atoms with van der Waals surface area (Å²) >= 11 is 0. The number of aliphatic hydroxyl groups is 1. The predicted molar refractivity (Wildman–Crippen MR) is 134 cm³/mol. The molecular formula is C28H26N2O5. The van der Waals surface area contributed by atoms with E-state index in [1.807, 2.05) is 43.1 Å². The first-order valence-corrected chi connectivity index (χ1v) is 11.4. The Labute approximate surface area is 203 Å². The number of nitrogens with zero attached hydrogens (tertiary/aromatic N) is 2. The van der Waals surface area contributed by atoms with Crippen LogP contribution in [0.15, 0.2) is 72.3 Å². The van der Waals surface area contributed by atoms with E-state index in [1.165, 1.54) is 4.90 Å². The Balaban J connectivity index is 1.72. The molecule has 178 valence electrons. The topological polar surface area (TPSA) is 79.3 Å². The Morgan fingerprint density at radius 1 is 1.06 bits per heavy atom. The van der Waals surface area contributed by atoms with Gasteiger partial charge in [-0.15, -0.1) is 0 Å². The van der Waals surface area contributed by atoms with Gasteiger partial charge in [-0.2, -0.15) is 0 Å². The summed E-state index contributed by atoms with van der Waals surface area (Å²) in [5, 5.41) is 11.5. The smallest absolute Gasteiger partial charge is 0.300 e. The molecule has 0 bridgehead atoms. The number of aliphatic hydroxyl groups excluding tert-OH is 1. The fraction of sp³-hybridized carbons (Fsp3) is 0.214. The summed E-state index contributed by atoms with van der Waals surface area (Å²) in [5.41, 5.74) is 3.48. The number of methoxy groups -OCH3 is 1.